The van der Waals surface area contributed by atoms with Gasteiger partial charge in [-0.25, -0.2) is 4.98 Å². The van der Waals surface area contributed by atoms with Gasteiger partial charge in [-0.3, -0.25) is 4.68 Å². The zero-order valence-corrected chi connectivity index (χ0v) is 15.2. The Morgan fingerprint density at radius 3 is 2.76 bits per heavy atom. The molecule has 0 aliphatic carbocycles. The highest BCUT2D eigenvalue weighted by Gasteiger charge is 2.23. The lowest BCUT2D eigenvalue weighted by Gasteiger charge is -2.35. The third kappa shape index (κ3) is 4.18. The molecule has 0 amide bonds. The molecule has 0 aromatic carbocycles. The Bertz CT molecular complexity index is 752. The molecule has 1 unspecified atom stereocenters. The second kappa shape index (κ2) is 7.66. The molecular weight excluding hydrogens is 312 g/mol. The lowest BCUT2D eigenvalue weighted by atomic mass is 10.0. The fourth-order valence-corrected chi connectivity index (χ4v) is 3.57. The number of rotatable bonds is 5. The molecule has 0 saturated carbocycles. The quantitative estimate of drug-likeness (QED) is 0.906. The van der Waals surface area contributed by atoms with Gasteiger partial charge < -0.3 is 10.2 Å². The molecule has 3 rings (SSSR count). The zero-order valence-electron chi connectivity index (χ0n) is 15.2. The van der Waals surface area contributed by atoms with Crippen LogP contribution in [0.3, 0.4) is 0 Å². The van der Waals surface area contributed by atoms with Crippen molar-refractivity contribution in [1.29, 1.82) is 5.26 Å². The Labute approximate surface area is 149 Å². The average Bonchev–Trinajstić information content (AvgIpc) is 2.92. The normalized spacial score (nSPS) is 16.6. The zero-order chi connectivity index (χ0) is 17.8. The average molecular weight is 338 g/mol. The van der Waals surface area contributed by atoms with Gasteiger partial charge >= 0.3 is 0 Å². The van der Waals surface area contributed by atoms with E-state index in [1.807, 2.05) is 19.1 Å². The van der Waals surface area contributed by atoms with E-state index in [-0.39, 0.29) is 0 Å². The minimum absolute atomic E-state index is 0.374. The van der Waals surface area contributed by atoms with Gasteiger partial charge in [0, 0.05) is 37.1 Å². The van der Waals surface area contributed by atoms with Crippen LogP contribution < -0.4 is 10.2 Å². The van der Waals surface area contributed by atoms with Crippen LogP contribution in [0, 0.1) is 25.2 Å². The number of aromatic nitrogens is 3. The van der Waals surface area contributed by atoms with Gasteiger partial charge in [-0.15, -0.1) is 0 Å². The van der Waals surface area contributed by atoms with E-state index in [0.717, 1.165) is 44.0 Å². The number of nitriles is 1. The molecule has 25 heavy (non-hydrogen) atoms. The molecule has 132 valence electrons. The summed E-state index contributed by atoms with van der Waals surface area (Å²) in [4.78, 5) is 6.62. The maximum Gasteiger partial charge on any atom is 0.146 e. The number of piperidine rings is 1. The molecule has 6 heteroatoms. The van der Waals surface area contributed by atoms with Crippen molar-refractivity contribution >= 4 is 5.82 Å². The number of nitrogens with zero attached hydrogens (tertiary/aromatic N) is 5. The Morgan fingerprint density at radius 1 is 1.36 bits per heavy atom. The molecule has 0 spiro atoms. The van der Waals surface area contributed by atoms with Crippen molar-refractivity contribution in [2.24, 2.45) is 0 Å². The first-order valence-electron chi connectivity index (χ1n) is 8.94. The number of hydrogen-bond acceptors (Lipinski definition) is 5. The Hall–Kier alpha value is -2.39. The minimum atomic E-state index is 0.374. The van der Waals surface area contributed by atoms with Crippen molar-refractivity contribution < 1.29 is 0 Å². The van der Waals surface area contributed by atoms with Gasteiger partial charge in [0.25, 0.3) is 0 Å². The monoisotopic (exact) mass is 338 g/mol. The first kappa shape index (κ1) is 17.4. The molecule has 2 aromatic heterocycles. The van der Waals surface area contributed by atoms with Crippen molar-refractivity contribution in [1.82, 2.24) is 20.1 Å². The predicted molar refractivity (Wildman–Crippen MR) is 98.5 cm³/mol. The van der Waals surface area contributed by atoms with Gasteiger partial charge in [0.15, 0.2) is 0 Å². The summed E-state index contributed by atoms with van der Waals surface area (Å²) in [6.45, 7) is 9.09. The molecular formula is C19H26N6. The summed E-state index contributed by atoms with van der Waals surface area (Å²) in [5.41, 5.74) is 2.94. The van der Waals surface area contributed by atoms with Gasteiger partial charge in [0.05, 0.1) is 17.8 Å². The van der Waals surface area contributed by atoms with E-state index in [9.17, 15) is 5.26 Å². The summed E-state index contributed by atoms with van der Waals surface area (Å²) in [5.74, 6) is 0.819. The summed E-state index contributed by atoms with van der Waals surface area (Å²) in [5, 5.41) is 17.5. The SMILES string of the molecule is Cc1cc(C)n(CC(C)NC2CCN(c3ncccc3C#N)CC2)n1. The minimum Gasteiger partial charge on any atom is -0.355 e. The van der Waals surface area contributed by atoms with Crippen molar-refractivity contribution in [3.8, 4) is 6.07 Å². The molecule has 2 aromatic rings. The number of nitrogens with one attached hydrogen (secondary N) is 1. The summed E-state index contributed by atoms with van der Waals surface area (Å²) in [7, 11) is 0. The molecule has 1 aliphatic heterocycles. The number of pyridine rings is 1. The number of aryl methyl sites for hydroxylation is 2. The van der Waals surface area contributed by atoms with Gasteiger partial charge in [-0.05, 0) is 51.8 Å². The van der Waals surface area contributed by atoms with Gasteiger partial charge in [0.2, 0.25) is 0 Å². The molecule has 6 nitrogen and oxygen atoms in total. The molecule has 1 saturated heterocycles. The van der Waals surface area contributed by atoms with Gasteiger partial charge in [0.1, 0.15) is 11.9 Å². The number of anilines is 1. The summed E-state index contributed by atoms with van der Waals surface area (Å²) < 4.78 is 2.08. The third-order valence-electron chi connectivity index (χ3n) is 4.77. The molecule has 0 radical (unpaired) electrons. The second-order valence-corrected chi connectivity index (χ2v) is 6.92. The van der Waals surface area contributed by atoms with Crippen LogP contribution in [0.2, 0.25) is 0 Å². The lowest BCUT2D eigenvalue weighted by molar-refractivity contribution is 0.346. The van der Waals surface area contributed by atoms with Crippen molar-refractivity contribution in [2.75, 3.05) is 18.0 Å². The Morgan fingerprint density at radius 2 is 2.12 bits per heavy atom. The smallest absolute Gasteiger partial charge is 0.146 e. The van der Waals surface area contributed by atoms with E-state index in [4.69, 9.17) is 0 Å². The molecule has 0 bridgehead atoms. The van der Waals surface area contributed by atoms with Crippen molar-refractivity contribution in [3.63, 3.8) is 0 Å². The first-order chi connectivity index (χ1) is 12.1. The Kier molecular flexibility index (Phi) is 5.34. The fourth-order valence-electron chi connectivity index (χ4n) is 3.57. The topological polar surface area (TPSA) is 69.8 Å². The highest BCUT2D eigenvalue weighted by molar-refractivity contribution is 5.53. The predicted octanol–water partition coefficient (Wildman–Crippen LogP) is 2.41. The molecule has 1 fully saturated rings. The van der Waals surface area contributed by atoms with E-state index in [2.05, 4.69) is 51.0 Å². The highest BCUT2D eigenvalue weighted by Crippen LogP contribution is 2.21. The van der Waals surface area contributed by atoms with Crippen LogP contribution in [0.5, 0.6) is 0 Å². The summed E-state index contributed by atoms with van der Waals surface area (Å²) in [6, 6.07) is 8.88. The van der Waals surface area contributed by atoms with E-state index in [0.29, 0.717) is 17.6 Å². The van der Waals surface area contributed by atoms with Crippen LogP contribution in [0.25, 0.3) is 0 Å². The van der Waals surface area contributed by atoms with Crippen LogP contribution in [0.1, 0.15) is 36.7 Å². The standard InChI is InChI=1S/C19H26N6/c1-14-11-16(3)25(23-14)13-15(2)22-18-6-9-24(10-7-18)19-17(12-20)5-4-8-21-19/h4-5,8,11,15,18,22H,6-7,9-10,13H2,1-3H3. The van der Waals surface area contributed by atoms with Crippen molar-refractivity contribution in [2.45, 2.75) is 52.2 Å². The maximum absolute atomic E-state index is 9.25. The van der Waals surface area contributed by atoms with Gasteiger partial charge in [-0.2, -0.15) is 10.4 Å². The van der Waals surface area contributed by atoms with Gasteiger partial charge in [-0.1, -0.05) is 0 Å². The van der Waals surface area contributed by atoms with E-state index < -0.39 is 0 Å². The largest absolute Gasteiger partial charge is 0.355 e. The summed E-state index contributed by atoms with van der Waals surface area (Å²) >= 11 is 0. The molecule has 1 atom stereocenters. The molecule has 1 aliphatic rings. The van der Waals surface area contributed by atoms with E-state index >= 15 is 0 Å². The second-order valence-electron chi connectivity index (χ2n) is 6.92. The van der Waals surface area contributed by atoms with Crippen LogP contribution in [0.15, 0.2) is 24.4 Å². The highest BCUT2D eigenvalue weighted by atomic mass is 15.3. The molecule has 1 N–H and O–H groups in total. The third-order valence-corrected chi connectivity index (χ3v) is 4.77. The fraction of sp³-hybridized carbons (Fsp3) is 0.526. The van der Waals surface area contributed by atoms with Crippen molar-refractivity contribution in [3.05, 3.63) is 41.3 Å². The lowest BCUT2D eigenvalue weighted by Crippen LogP contribution is -2.47. The number of hydrogen-bond donors (Lipinski definition) is 1. The van der Waals surface area contributed by atoms with E-state index in [1.54, 1.807) is 6.20 Å². The van der Waals surface area contributed by atoms with Crippen LogP contribution in [-0.4, -0.2) is 39.9 Å². The van der Waals surface area contributed by atoms with Crippen LogP contribution >= 0.6 is 0 Å². The first-order valence-corrected chi connectivity index (χ1v) is 8.94. The summed E-state index contributed by atoms with van der Waals surface area (Å²) in [6.07, 6.45) is 3.88. The van der Waals surface area contributed by atoms with Crippen LogP contribution in [0.4, 0.5) is 5.82 Å². The maximum atomic E-state index is 9.25. The Balaban J connectivity index is 1.52. The van der Waals surface area contributed by atoms with Crippen LogP contribution in [-0.2, 0) is 6.54 Å². The molecule has 3 heterocycles. The van der Waals surface area contributed by atoms with E-state index in [1.165, 1.54) is 5.69 Å².